The molecule has 1 unspecified atom stereocenters. The molecule has 0 radical (unpaired) electrons. The van der Waals surface area contributed by atoms with E-state index in [1.165, 1.54) is 0 Å². The Morgan fingerprint density at radius 1 is 1.38 bits per heavy atom. The zero-order valence-corrected chi connectivity index (χ0v) is 12.6. The van der Waals surface area contributed by atoms with Gasteiger partial charge in [0.15, 0.2) is 0 Å². The number of rotatable bonds is 6. The number of nitrogens with one attached hydrogen (secondary N) is 1. The van der Waals surface area contributed by atoms with Crippen LogP contribution in [-0.4, -0.2) is 48.2 Å². The second-order valence-corrected chi connectivity index (χ2v) is 5.91. The minimum atomic E-state index is -0.711. The van der Waals surface area contributed by atoms with Crippen molar-refractivity contribution in [2.24, 2.45) is 5.73 Å². The second kappa shape index (κ2) is 7.02. The summed E-state index contributed by atoms with van der Waals surface area (Å²) in [6, 6.07) is 10.0. The molecule has 116 valence electrons. The van der Waals surface area contributed by atoms with Crippen molar-refractivity contribution < 1.29 is 9.84 Å². The molecule has 1 aromatic rings. The van der Waals surface area contributed by atoms with Crippen molar-refractivity contribution in [3.05, 3.63) is 35.9 Å². The predicted octanol–water partition coefficient (Wildman–Crippen LogP) is 1.53. The summed E-state index contributed by atoms with van der Waals surface area (Å²) >= 11 is 0. The molecule has 0 spiro atoms. The number of hydrogen-bond acceptors (Lipinski definition) is 4. The van der Waals surface area contributed by atoms with E-state index >= 15 is 0 Å². The van der Waals surface area contributed by atoms with Gasteiger partial charge in [0.2, 0.25) is 0 Å². The Bertz CT molecular complexity index is 458. The molecule has 1 aliphatic rings. The molecule has 1 aromatic carbocycles. The van der Waals surface area contributed by atoms with Crippen LogP contribution in [0.2, 0.25) is 0 Å². The van der Waals surface area contributed by atoms with Gasteiger partial charge >= 0.3 is 0 Å². The van der Waals surface area contributed by atoms with E-state index in [0.29, 0.717) is 39.0 Å². The van der Waals surface area contributed by atoms with Crippen molar-refractivity contribution in [2.75, 3.05) is 26.8 Å². The first kappa shape index (κ1) is 15.9. The van der Waals surface area contributed by atoms with Gasteiger partial charge in [0.25, 0.3) is 0 Å². The van der Waals surface area contributed by atoms with Crippen LogP contribution in [0.15, 0.2) is 30.3 Å². The van der Waals surface area contributed by atoms with Gasteiger partial charge in [-0.3, -0.25) is 10.3 Å². The Morgan fingerprint density at radius 3 is 2.57 bits per heavy atom. The van der Waals surface area contributed by atoms with Crippen molar-refractivity contribution in [3.63, 3.8) is 0 Å². The predicted molar refractivity (Wildman–Crippen MR) is 83.3 cm³/mol. The van der Waals surface area contributed by atoms with Crippen molar-refractivity contribution in [2.45, 2.75) is 30.9 Å². The monoisotopic (exact) mass is 291 g/mol. The van der Waals surface area contributed by atoms with E-state index in [2.05, 4.69) is 4.90 Å². The third kappa shape index (κ3) is 4.52. The molecule has 0 aliphatic carbocycles. The van der Waals surface area contributed by atoms with Crippen LogP contribution in [0, 0.1) is 5.41 Å². The SMILES string of the molecule is CN(CC1(O)CCOCC1)C(CC(=N)N)c1ccccc1. The zero-order valence-electron chi connectivity index (χ0n) is 12.6. The fraction of sp³-hybridized carbons (Fsp3) is 0.562. The van der Waals surface area contributed by atoms with Gasteiger partial charge in [-0.25, -0.2) is 0 Å². The van der Waals surface area contributed by atoms with Crippen molar-refractivity contribution in [1.29, 1.82) is 5.41 Å². The smallest absolute Gasteiger partial charge is 0.0924 e. The van der Waals surface area contributed by atoms with Gasteiger partial charge in [-0.2, -0.15) is 0 Å². The molecule has 1 saturated heterocycles. The van der Waals surface area contributed by atoms with Gasteiger partial charge in [-0.05, 0) is 12.6 Å². The fourth-order valence-electron chi connectivity index (χ4n) is 2.90. The second-order valence-electron chi connectivity index (χ2n) is 5.91. The number of aliphatic hydroxyl groups is 1. The molecule has 5 heteroatoms. The topological polar surface area (TPSA) is 82.6 Å². The highest BCUT2D eigenvalue weighted by molar-refractivity contribution is 5.77. The van der Waals surface area contributed by atoms with Crippen LogP contribution in [0.3, 0.4) is 0 Å². The molecule has 4 N–H and O–H groups in total. The maximum Gasteiger partial charge on any atom is 0.0924 e. The highest BCUT2D eigenvalue weighted by atomic mass is 16.5. The van der Waals surface area contributed by atoms with Gasteiger partial charge in [-0.1, -0.05) is 30.3 Å². The van der Waals surface area contributed by atoms with Gasteiger partial charge in [-0.15, -0.1) is 0 Å². The summed E-state index contributed by atoms with van der Waals surface area (Å²) < 4.78 is 5.32. The Labute approximate surface area is 126 Å². The van der Waals surface area contributed by atoms with Gasteiger partial charge in [0.05, 0.1) is 11.4 Å². The summed E-state index contributed by atoms with van der Waals surface area (Å²) in [6.07, 6.45) is 1.77. The first-order valence-electron chi connectivity index (χ1n) is 7.38. The number of nitrogens with two attached hydrogens (primary N) is 1. The lowest BCUT2D eigenvalue weighted by atomic mass is 9.92. The number of benzene rings is 1. The Balaban J connectivity index is 2.10. The summed E-state index contributed by atoms with van der Waals surface area (Å²) in [6.45, 7) is 1.77. The van der Waals surface area contributed by atoms with Crippen LogP contribution >= 0.6 is 0 Å². The maximum atomic E-state index is 10.7. The molecular weight excluding hydrogens is 266 g/mol. The molecule has 0 bridgehead atoms. The van der Waals surface area contributed by atoms with Crippen molar-refractivity contribution in [1.82, 2.24) is 4.90 Å². The standard InChI is InChI=1S/C16H25N3O2/c1-19(12-16(20)7-9-21-10-8-16)14(11-15(17)18)13-5-3-2-4-6-13/h2-6,14,20H,7-12H2,1H3,(H3,17,18). The van der Waals surface area contributed by atoms with Crippen LogP contribution in [0.1, 0.15) is 30.9 Å². The molecule has 21 heavy (non-hydrogen) atoms. The van der Waals surface area contributed by atoms with Crippen LogP contribution < -0.4 is 5.73 Å². The molecule has 1 aliphatic heterocycles. The number of amidine groups is 1. The average molecular weight is 291 g/mol. The lowest BCUT2D eigenvalue weighted by Crippen LogP contribution is -2.47. The van der Waals surface area contributed by atoms with Gasteiger partial charge in [0.1, 0.15) is 0 Å². The van der Waals surface area contributed by atoms with Gasteiger partial charge < -0.3 is 15.6 Å². The molecule has 1 fully saturated rings. The van der Waals surface area contributed by atoms with Crippen LogP contribution in [0.4, 0.5) is 0 Å². The Morgan fingerprint density at radius 2 is 2.00 bits per heavy atom. The van der Waals surface area contributed by atoms with E-state index in [9.17, 15) is 5.11 Å². The third-order valence-corrected chi connectivity index (χ3v) is 4.10. The summed E-state index contributed by atoms with van der Waals surface area (Å²) in [4.78, 5) is 2.10. The maximum absolute atomic E-state index is 10.7. The summed E-state index contributed by atoms with van der Waals surface area (Å²) in [5.41, 5.74) is 6.01. The molecular formula is C16H25N3O2. The molecule has 0 saturated carbocycles. The van der Waals surface area contributed by atoms with E-state index in [-0.39, 0.29) is 11.9 Å². The number of likely N-dealkylation sites (N-methyl/N-ethyl adjacent to an activating group) is 1. The molecule has 1 heterocycles. The first-order chi connectivity index (χ1) is 10.0. The zero-order chi connectivity index (χ0) is 15.3. The molecule has 1 atom stereocenters. The lowest BCUT2D eigenvalue weighted by molar-refractivity contribution is -0.0813. The third-order valence-electron chi connectivity index (χ3n) is 4.10. The lowest BCUT2D eigenvalue weighted by Gasteiger charge is -2.38. The number of nitrogens with zero attached hydrogens (tertiary/aromatic N) is 1. The summed E-state index contributed by atoms with van der Waals surface area (Å²) in [7, 11) is 1.98. The summed E-state index contributed by atoms with van der Waals surface area (Å²) in [5.74, 6) is 0.162. The molecule has 5 nitrogen and oxygen atoms in total. The average Bonchev–Trinajstić information content (AvgIpc) is 2.45. The van der Waals surface area contributed by atoms with Crippen LogP contribution in [0.5, 0.6) is 0 Å². The number of hydrogen-bond donors (Lipinski definition) is 3. The van der Waals surface area contributed by atoms with E-state index in [1.807, 2.05) is 37.4 Å². The fourth-order valence-corrected chi connectivity index (χ4v) is 2.90. The van der Waals surface area contributed by atoms with Crippen LogP contribution in [-0.2, 0) is 4.74 Å². The van der Waals surface area contributed by atoms with Crippen molar-refractivity contribution in [3.8, 4) is 0 Å². The van der Waals surface area contributed by atoms with Crippen LogP contribution in [0.25, 0.3) is 0 Å². The van der Waals surface area contributed by atoms with E-state index in [1.54, 1.807) is 0 Å². The van der Waals surface area contributed by atoms with E-state index in [0.717, 1.165) is 5.56 Å². The summed E-state index contributed by atoms with van der Waals surface area (Å²) in [5, 5.41) is 18.3. The quantitative estimate of drug-likeness (QED) is 0.548. The molecule has 0 aromatic heterocycles. The number of ether oxygens (including phenoxy) is 1. The van der Waals surface area contributed by atoms with E-state index < -0.39 is 5.60 Å². The van der Waals surface area contributed by atoms with E-state index in [4.69, 9.17) is 15.9 Å². The van der Waals surface area contributed by atoms with Gasteiger partial charge in [0, 0.05) is 45.1 Å². The minimum Gasteiger partial charge on any atom is -0.388 e. The first-order valence-corrected chi connectivity index (χ1v) is 7.38. The molecule has 0 amide bonds. The minimum absolute atomic E-state index is 0.00979. The normalized spacial score (nSPS) is 19.4. The Hall–Kier alpha value is -1.43. The highest BCUT2D eigenvalue weighted by Crippen LogP contribution is 2.28. The highest BCUT2D eigenvalue weighted by Gasteiger charge is 2.33. The largest absolute Gasteiger partial charge is 0.388 e. The van der Waals surface area contributed by atoms with Crippen molar-refractivity contribution >= 4 is 5.84 Å². The molecule has 2 rings (SSSR count). The Kier molecular flexibility index (Phi) is 5.33.